The van der Waals surface area contributed by atoms with Crippen molar-refractivity contribution in [3.63, 3.8) is 0 Å². The maximum atomic E-state index is 11.8. The van der Waals surface area contributed by atoms with Crippen molar-refractivity contribution in [1.29, 1.82) is 0 Å². The molecule has 0 aliphatic rings. The van der Waals surface area contributed by atoms with Gasteiger partial charge in [0.05, 0.1) is 13.2 Å². The summed E-state index contributed by atoms with van der Waals surface area (Å²) in [6.45, 7) is 5.40. The van der Waals surface area contributed by atoms with E-state index in [1.54, 1.807) is 7.11 Å². The van der Waals surface area contributed by atoms with Gasteiger partial charge in [-0.2, -0.15) is 0 Å². The van der Waals surface area contributed by atoms with Crippen molar-refractivity contribution >= 4 is 35.8 Å². The number of hydrogen-bond donors (Lipinski definition) is 2. The van der Waals surface area contributed by atoms with Crippen molar-refractivity contribution in [2.45, 2.75) is 23.9 Å². The van der Waals surface area contributed by atoms with Crippen molar-refractivity contribution in [2.75, 3.05) is 32.1 Å². The lowest BCUT2D eigenvalue weighted by molar-refractivity contribution is -0.115. The first-order valence-corrected chi connectivity index (χ1v) is 8.48. The Hall–Kier alpha value is -1.67. The fraction of sp³-hybridized carbons (Fsp3) is 0.353. The minimum atomic E-state index is -0.0795. The Morgan fingerprint density at radius 1 is 1.16 bits per heavy atom. The summed E-state index contributed by atoms with van der Waals surface area (Å²) < 4.78 is 4.91. The highest BCUT2D eigenvalue weighted by atomic mass is 35.5. The molecule has 0 saturated heterocycles. The molecule has 8 heteroatoms. The summed E-state index contributed by atoms with van der Waals surface area (Å²) in [5.41, 5.74) is 2.67. The molecule has 1 amide bonds. The molecule has 0 unspecified atom stereocenters. The third-order valence-electron chi connectivity index (χ3n) is 3.08. The van der Waals surface area contributed by atoms with Gasteiger partial charge in [0, 0.05) is 35.6 Å². The summed E-state index contributed by atoms with van der Waals surface area (Å²) >= 11 is 1.50. The van der Waals surface area contributed by atoms with Crippen molar-refractivity contribution in [3.8, 4) is 0 Å². The Morgan fingerprint density at radius 3 is 2.40 bits per heavy atom. The molecule has 0 spiro atoms. The van der Waals surface area contributed by atoms with Crippen LogP contribution in [0.5, 0.6) is 0 Å². The number of carbonyl (C=O) groups is 1. The molecule has 0 aliphatic carbocycles. The van der Waals surface area contributed by atoms with Gasteiger partial charge in [-0.25, -0.2) is 9.97 Å². The summed E-state index contributed by atoms with van der Waals surface area (Å²) in [5, 5.41) is 6.58. The summed E-state index contributed by atoms with van der Waals surface area (Å²) in [4.78, 5) is 21.6. The van der Waals surface area contributed by atoms with Crippen LogP contribution in [0.15, 0.2) is 40.4 Å². The van der Waals surface area contributed by atoms with E-state index < -0.39 is 0 Å². The third-order valence-corrected chi connectivity index (χ3v) is 3.95. The van der Waals surface area contributed by atoms with Gasteiger partial charge < -0.3 is 15.4 Å². The maximum Gasteiger partial charge on any atom is 0.238 e. The van der Waals surface area contributed by atoms with Crippen LogP contribution in [-0.2, 0) is 9.53 Å². The van der Waals surface area contributed by atoms with Crippen LogP contribution in [-0.4, -0.2) is 42.7 Å². The molecule has 1 aromatic carbocycles. The number of carbonyl (C=O) groups excluding carboxylic acids is 1. The standard InChI is InChI=1S/C17H22N4O2S.ClH/c1-12-10-13(2)20-17(19-12)24-15-6-4-14(5-7-15)21-16(22)11-18-8-9-23-3;/h4-7,10,18H,8-9,11H2,1-3H3,(H,21,22);1H. The Morgan fingerprint density at radius 2 is 1.80 bits per heavy atom. The zero-order valence-corrected chi connectivity index (χ0v) is 16.2. The Bertz CT molecular complexity index is 663. The molecule has 1 heterocycles. The number of rotatable bonds is 8. The molecule has 0 saturated carbocycles. The van der Waals surface area contributed by atoms with Gasteiger partial charge in [-0.3, -0.25) is 4.79 Å². The van der Waals surface area contributed by atoms with E-state index in [1.807, 2.05) is 44.2 Å². The van der Waals surface area contributed by atoms with Crippen molar-refractivity contribution in [3.05, 3.63) is 41.7 Å². The van der Waals surface area contributed by atoms with Crippen LogP contribution in [0, 0.1) is 13.8 Å². The number of anilines is 1. The number of hydrogen-bond acceptors (Lipinski definition) is 6. The zero-order chi connectivity index (χ0) is 17.4. The van der Waals surface area contributed by atoms with Gasteiger partial charge in [0.2, 0.25) is 5.91 Å². The molecule has 25 heavy (non-hydrogen) atoms. The first-order chi connectivity index (χ1) is 11.6. The SMILES string of the molecule is COCCNCC(=O)Nc1ccc(Sc2nc(C)cc(C)n2)cc1.Cl. The summed E-state index contributed by atoms with van der Waals surface area (Å²) in [6, 6.07) is 9.58. The van der Waals surface area contributed by atoms with E-state index in [-0.39, 0.29) is 24.9 Å². The quantitative estimate of drug-likeness (QED) is 0.540. The Balaban J connectivity index is 0.00000312. The first kappa shape index (κ1) is 21.4. The molecule has 0 bridgehead atoms. The molecule has 6 nitrogen and oxygen atoms in total. The molecule has 0 aliphatic heterocycles. The second-order valence-corrected chi connectivity index (χ2v) is 6.32. The Labute approximate surface area is 158 Å². The number of aromatic nitrogens is 2. The van der Waals surface area contributed by atoms with Crippen LogP contribution in [0.25, 0.3) is 0 Å². The number of methoxy groups -OCH3 is 1. The van der Waals surface area contributed by atoms with Crippen molar-refractivity contribution in [1.82, 2.24) is 15.3 Å². The number of nitrogens with zero attached hydrogens (tertiary/aromatic N) is 2. The fourth-order valence-corrected chi connectivity index (χ4v) is 2.89. The average molecular weight is 383 g/mol. The van der Waals surface area contributed by atoms with Gasteiger partial charge in [-0.1, -0.05) is 0 Å². The normalized spacial score (nSPS) is 10.2. The van der Waals surface area contributed by atoms with Crippen molar-refractivity contribution < 1.29 is 9.53 Å². The molecule has 0 radical (unpaired) electrons. The van der Waals surface area contributed by atoms with E-state index in [0.29, 0.717) is 13.2 Å². The van der Waals surface area contributed by atoms with Crippen molar-refractivity contribution in [2.24, 2.45) is 0 Å². The minimum Gasteiger partial charge on any atom is -0.383 e. The van der Waals surface area contributed by atoms with Gasteiger partial charge in [0.15, 0.2) is 5.16 Å². The van der Waals surface area contributed by atoms with Gasteiger partial charge in [-0.05, 0) is 55.9 Å². The second-order valence-electron chi connectivity index (χ2n) is 5.28. The van der Waals surface area contributed by atoms with Crippen LogP contribution < -0.4 is 10.6 Å². The summed E-state index contributed by atoms with van der Waals surface area (Å²) in [7, 11) is 1.63. The van der Waals surface area contributed by atoms with E-state index in [1.165, 1.54) is 11.8 Å². The van der Waals surface area contributed by atoms with Gasteiger partial charge in [-0.15, -0.1) is 12.4 Å². The molecule has 2 aromatic rings. The first-order valence-electron chi connectivity index (χ1n) is 7.66. The lowest BCUT2D eigenvalue weighted by Gasteiger charge is -2.07. The van der Waals surface area contributed by atoms with E-state index >= 15 is 0 Å². The molecule has 0 fully saturated rings. The van der Waals surface area contributed by atoms with Gasteiger partial charge in [0.25, 0.3) is 0 Å². The van der Waals surface area contributed by atoms with E-state index in [0.717, 1.165) is 27.1 Å². The van der Waals surface area contributed by atoms with E-state index in [4.69, 9.17) is 4.74 Å². The van der Waals surface area contributed by atoms with Crippen LogP contribution in [0.3, 0.4) is 0 Å². The molecular weight excluding hydrogens is 360 g/mol. The lowest BCUT2D eigenvalue weighted by atomic mass is 10.3. The van der Waals surface area contributed by atoms with Crippen LogP contribution in [0.1, 0.15) is 11.4 Å². The predicted octanol–water partition coefficient (Wildman–Crippen LogP) is 2.84. The lowest BCUT2D eigenvalue weighted by Crippen LogP contribution is -2.30. The number of aryl methyl sites for hydroxylation is 2. The zero-order valence-electron chi connectivity index (χ0n) is 14.5. The monoisotopic (exact) mass is 382 g/mol. The molecule has 0 atom stereocenters. The van der Waals surface area contributed by atoms with E-state index in [2.05, 4.69) is 20.6 Å². The number of benzene rings is 1. The molecule has 1 aromatic heterocycles. The highest BCUT2D eigenvalue weighted by Gasteiger charge is 2.05. The van der Waals surface area contributed by atoms with Crippen LogP contribution >= 0.6 is 24.2 Å². The summed E-state index contributed by atoms with van der Waals surface area (Å²) in [6.07, 6.45) is 0. The largest absolute Gasteiger partial charge is 0.383 e. The Kier molecular flexibility index (Phi) is 9.44. The van der Waals surface area contributed by atoms with E-state index in [9.17, 15) is 4.79 Å². The predicted molar refractivity (Wildman–Crippen MR) is 103 cm³/mol. The molecule has 2 rings (SSSR count). The molecular formula is C17H23ClN4O2S. The smallest absolute Gasteiger partial charge is 0.238 e. The van der Waals surface area contributed by atoms with Gasteiger partial charge >= 0.3 is 0 Å². The second kappa shape index (κ2) is 11.0. The molecule has 136 valence electrons. The maximum absolute atomic E-state index is 11.8. The number of ether oxygens (including phenoxy) is 1. The topological polar surface area (TPSA) is 76.1 Å². The molecule has 2 N–H and O–H groups in total. The average Bonchev–Trinajstić information content (AvgIpc) is 2.52. The number of nitrogens with one attached hydrogen (secondary N) is 2. The highest BCUT2D eigenvalue weighted by Crippen LogP contribution is 2.26. The highest BCUT2D eigenvalue weighted by molar-refractivity contribution is 7.99. The third kappa shape index (κ3) is 7.83. The minimum absolute atomic E-state index is 0. The van der Waals surface area contributed by atoms with Gasteiger partial charge in [0.1, 0.15) is 0 Å². The number of halogens is 1. The van der Waals surface area contributed by atoms with Crippen LogP contribution in [0.4, 0.5) is 5.69 Å². The fourth-order valence-electron chi connectivity index (χ4n) is 2.03. The number of amides is 1. The summed E-state index contributed by atoms with van der Waals surface area (Å²) in [5.74, 6) is -0.0795. The van der Waals surface area contributed by atoms with Crippen LogP contribution in [0.2, 0.25) is 0 Å².